The molecule has 0 bridgehead atoms. The van der Waals surface area contributed by atoms with Gasteiger partial charge in [0, 0.05) is 27.3 Å². The normalized spacial score (nSPS) is 10.6. The molecule has 0 aliphatic heterocycles. The molecule has 0 spiro atoms. The summed E-state index contributed by atoms with van der Waals surface area (Å²) in [4.78, 5) is 39.0. The number of carbonyl (C=O) groups excluding carboxylic acids is 2. The summed E-state index contributed by atoms with van der Waals surface area (Å²) in [5, 5.41) is 10.7. The molecule has 11 heteroatoms. The molecule has 172 valence electrons. The summed E-state index contributed by atoms with van der Waals surface area (Å²) in [6, 6.07) is 12.2. The van der Waals surface area contributed by atoms with Crippen LogP contribution in [-0.4, -0.2) is 55.4 Å². The second kappa shape index (κ2) is 9.67. The fraction of sp³-hybridized carbons (Fsp3) is 0.130. The molecule has 0 saturated heterocycles. The van der Waals surface area contributed by atoms with E-state index in [4.69, 9.17) is 11.6 Å². The SMILES string of the molecule is CN(C)C(=O)C(=O)c1ccccc1Nc1nc(Nc2ccc(-c3ccn(C)n3)nc2)ncc1Cl. The van der Waals surface area contributed by atoms with Crippen LogP contribution in [0.15, 0.2) is 61.1 Å². The zero-order valence-electron chi connectivity index (χ0n) is 18.7. The van der Waals surface area contributed by atoms with Crippen molar-refractivity contribution >= 4 is 46.4 Å². The summed E-state index contributed by atoms with van der Waals surface area (Å²) < 4.78 is 1.71. The van der Waals surface area contributed by atoms with E-state index in [0.29, 0.717) is 11.4 Å². The number of hydrogen-bond acceptors (Lipinski definition) is 8. The van der Waals surface area contributed by atoms with Crippen LogP contribution in [0, 0.1) is 0 Å². The number of carbonyl (C=O) groups is 2. The largest absolute Gasteiger partial charge is 0.342 e. The fourth-order valence-electron chi connectivity index (χ4n) is 3.05. The van der Waals surface area contributed by atoms with Gasteiger partial charge in [0.2, 0.25) is 5.95 Å². The van der Waals surface area contributed by atoms with Gasteiger partial charge in [-0.1, -0.05) is 23.7 Å². The number of rotatable bonds is 7. The van der Waals surface area contributed by atoms with Gasteiger partial charge in [-0.05, 0) is 30.3 Å². The zero-order valence-corrected chi connectivity index (χ0v) is 19.4. The Hall–Kier alpha value is -4.31. The van der Waals surface area contributed by atoms with E-state index in [1.165, 1.54) is 25.2 Å². The Balaban J connectivity index is 1.55. The molecule has 0 atom stereocenters. The van der Waals surface area contributed by atoms with Crippen LogP contribution >= 0.6 is 11.6 Å². The first-order chi connectivity index (χ1) is 16.3. The first kappa shape index (κ1) is 22.9. The standard InChI is InChI=1S/C23H21ClN8O2/c1-31(2)22(34)20(33)15-6-4-5-7-17(15)28-21-16(24)13-26-23(29-21)27-14-8-9-18(25-12-14)19-10-11-32(3)30-19/h4-13H,1-3H3,(H2,26,27,28,29). The van der Waals surface area contributed by atoms with E-state index in [0.717, 1.165) is 11.4 Å². The molecule has 0 aliphatic rings. The average Bonchev–Trinajstić information content (AvgIpc) is 3.27. The summed E-state index contributed by atoms with van der Waals surface area (Å²) in [6.07, 6.45) is 4.93. The first-order valence-corrected chi connectivity index (χ1v) is 10.6. The second-order valence-corrected chi connectivity index (χ2v) is 7.93. The lowest BCUT2D eigenvalue weighted by molar-refractivity contribution is -0.124. The maximum Gasteiger partial charge on any atom is 0.294 e. The summed E-state index contributed by atoms with van der Waals surface area (Å²) in [7, 11) is 4.89. The molecule has 2 N–H and O–H groups in total. The second-order valence-electron chi connectivity index (χ2n) is 7.52. The minimum Gasteiger partial charge on any atom is -0.342 e. The summed E-state index contributed by atoms with van der Waals surface area (Å²) in [6.45, 7) is 0. The van der Waals surface area contributed by atoms with Gasteiger partial charge in [-0.3, -0.25) is 19.3 Å². The molecule has 3 heterocycles. The molecular weight excluding hydrogens is 456 g/mol. The Labute approximate surface area is 200 Å². The maximum atomic E-state index is 12.6. The van der Waals surface area contributed by atoms with Crippen molar-refractivity contribution in [2.45, 2.75) is 0 Å². The van der Waals surface area contributed by atoms with Gasteiger partial charge in [0.1, 0.15) is 10.7 Å². The smallest absolute Gasteiger partial charge is 0.294 e. The topological polar surface area (TPSA) is 118 Å². The van der Waals surface area contributed by atoms with Gasteiger partial charge < -0.3 is 15.5 Å². The zero-order chi connectivity index (χ0) is 24.2. The van der Waals surface area contributed by atoms with Crippen molar-refractivity contribution in [2.24, 2.45) is 7.05 Å². The Morgan fingerprint density at radius 1 is 0.971 bits per heavy atom. The Bertz CT molecular complexity index is 1350. The lowest BCUT2D eigenvalue weighted by Crippen LogP contribution is -2.30. The molecule has 1 aromatic carbocycles. The Kier molecular flexibility index (Phi) is 6.51. The number of amides is 1. The van der Waals surface area contributed by atoms with Gasteiger partial charge in [0.25, 0.3) is 11.7 Å². The van der Waals surface area contributed by atoms with E-state index in [9.17, 15) is 9.59 Å². The highest BCUT2D eigenvalue weighted by molar-refractivity contribution is 6.43. The molecule has 0 aliphatic carbocycles. The minimum absolute atomic E-state index is 0.208. The van der Waals surface area contributed by atoms with Crippen LogP contribution in [0.25, 0.3) is 11.4 Å². The molecule has 10 nitrogen and oxygen atoms in total. The van der Waals surface area contributed by atoms with E-state index in [-0.39, 0.29) is 22.4 Å². The van der Waals surface area contributed by atoms with E-state index in [1.807, 2.05) is 31.4 Å². The number of para-hydroxylation sites is 1. The Morgan fingerprint density at radius 3 is 2.44 bits per heavy atom. The molecule has 0 radical (unpaired) electrons. The van der Waals surface area contributed by atoms with Crippen LogP contribution < -0.4 is 10.6 Å². The van der Waals surface area contributed by atoms with Gasteiger partial charge in [-0.15, -0.1) is 0 Å². The van der Waals surface area contributed by atoms with Gasteiger partial charge in [0.05, 0.1) is 35.0 Å². The number of pyridine rings is 1. The first-order valence-electron chi connectivity index (χ1n) is 10.2. The predicted molar refractivity (Wildman–Crippen MR) is 130 cm³/mol. The van der Waals surface area contributed by atoms with E-state index in [1.54, 1.807) is 35.1 Å². The van der Waals surface area contributed by atoms with Gasteiger partial charge >= 0.3 is 0 Å². The van der Waals surface area contributed by atoms with Gasteiger partial charge in [-0.2, -0.15) is 10.1 Å². The van der Waals surface area contributed by atoms with Crippen molar-refractivity contribution < 1.29 is 9.59 Å². The van der Waals surface area contributed by atoms with Crippen molar-refractivity contribution in [3.05, 3.63) is 71.6 Å². The van der Waals surface area contributed by atoms with E-state index < -0.39 is 11.7 Å². The molecule has 3 aromatic heterocycles. The lowest BCUT2D eigenvalue weighted by atomic mass is 10.1. The van der Waals surface area contributed by atoms with Gasteiger partial charge in [-0.25, -0.2) is 4.98 Å². The molecule has 0 fully saturated rings. The molecular formula is C23H21ClN8O2. The number of anilines is 4. The number of aromatic nitrogens is 5. The van der Waals surface area contributed by atoms with Crippen LogP contribution in [-0.2, 0) is 11.8 Å². The van der Waals surface area contributed by atoms with Crippen LogP contribution in [0.5, 0.6) is 0 Å². The summed E-state index contributed by atoms with van der Waals surface area (Å²) in [5.74, 6) is -0.731. The van der Waals surface area contributed by atoms with Crippen LogP contribution in [0.1, 0.15) is 10.4 Å². The predicted octanol–water partition coefficient (Wildman–Crippen LogP) is 3.68. The monoisotopic (exact) mass is 476 g/mol. The Morgan fingerprint density at radius 2 is 1.76 bits per heavy atom. The number of halogens is 1. The van der Waals surface area contributed by atoms with Crippen LogP contribution in [0.2, 0.25) is 5.02 Å². The molecule has 1 amide bonds. The van der Waals surface area contributed by atoms with Crippen molar-refractivity contribution in [1.29, 1.82) is 0 Å². The van der Waals surface area contributed by atoms with Gasteiger partial charge in [0.15, 0.2) is 5.82 Å². The fourth-order valence-corrected chi connectivity index (χ4v) is 3.19. The van der Waals surface area contributed by atoms with Crippen molar-refractivity contribution in [1.82, 2.24) is 29.6 Å². The average molecular weight is 477 g/mol. The van der Waals surface area contributed by atoms with Crippen LogP contribution in [0.4, 0.5) is 23.1 Å². The summed E-state index contributed by atoms with van der Waals surface area (Å²) >= 11 is 6.29. The molecule has 4 rings (SSSR count). The van der Waals surface area contributed by atoms with Crippen molar-refractivity contribution in [3.63, 3.8) is 0 Å². The van der Waals surface area contributed by atoms with Crippen molar-refractivity contribution in [2.75, 3.05) is 24.7 Å². The highest BCUT2D eigenvalue weighted by Crippen LogP contribution is 2.27. The quantitative estimate of drug-likeness (QED) is 0.306. The number of benzene rings is 1. The maximum absolute atomic E-state index is 12.6. The third kappa shape index (κ3) is 5.02. The molecule has 4 aromatic rings. The highest BCUT2D eigenvalue weighted by atomic mass is 35.5. The number of ketones is 1. The molecule has 0 unspecified atom stereocenters. The number of nitrogens with one attached hydrogen (secondary N) is 2. The minimum atomic E-state index is -0.643. The van der Waals surface area contributed by atoms with Crippen LogP contribution in [0.3, 0.4) is 0 Å². The van der Waals surface area contributed by atoms with Crippen molar-refractivity contribution in [3.8, 4) is 11.4 Å². The lowest BCUT2D eigenvalue weighted by Gasteiger charge is -2.14. The number of Topliss-reactive ketones (excluding diaryl/α,β-unsaturated/α-hetero) is 1. The number of hydrogen-bond donors (Lipinski definition) is 2. The third-order valence-corrected chi connectivity index (χ3v) is 5.04. The third-order valence-electron chi connectivity index (χ3n) is 4.76. The van der Waals surface area contributed by atoms with E-state index >= 15 is 0 Å². The highest BCUT2D eigenvalue weighted by Gasteiger charge is 2.21. The molecule has 34 heavy (non-hydrogen) atoms. The van der Waals surface area contributed by atoms with E-state index in [2.05, 4.69) is 30.7 Å². The number of likely N-dealkylation sites (N-methyl/N-ethyl adjacent to an activating group) is 1. The number of aryl methyl sites for hydroxylation is 1. The number of nitrogens with zero attached hydrogens (tertiary/aromatic N) is 6. The summed E-state index contributed by atoms with van der Waals surface area (Å²) in [5.41, 5.74) is 2.78. The molecule has 0 saturated carbocycles.